The number of piperidine rings is 1. The lowest BCUT2D eigenvalue weighted by Gasteiger charge is -2.45. The van der Waals surface area contributed by atoms with Crippen LogP contribution in [-0.4, -0.2) is 23.4 Å². The number of carbonyl (C=O) groups excluding carboxylic acids is 1. The van der Waals surface area contributed by atoms with Crippen molar-refractivity contribution in [3.63, 3.8) is 0 Å². The lowest BCUT2D eigenvalue weighted by molar-refractivity contribution is -0.134. The Kier molecular flexibility index (Phi) is 3.19. The van der Waals surface area contributed by atoms with Crippen LogP contribution >= 0.6 is 0 Å². The predicted molar refractivity (Wildman–Crippen MR) is 81.3 cm³/mol. The molecule has 1 aromatic rings. The quantitative estimate of drug-likeness (QED) is 0.753. The fourth-order valence-electron chi connectivity index (χ4n) is 4.21. The number of hydrogen-bond donors (Lipinski definition) is 0. The van der Waals surface area contributed by atoms with E-state index in [1.807, 2.05) is 0 Å². The summed E-state index contributed by atoms with van der Waals surface area (Å²) in [7, 11) is 0. The smallest absolute Gasteiger partial charge is 0.249 e. The minimum atomic E-state index is 0.140. The second kappa shape index (κ2) is 4.76. The standard InChI is InChI=1S/C18H23NO/c1-13-12-18(2,3)16-15(9-10-19(16)17(13)20)11-14-7-5-4-6-8-14/h4-8,15-16H,1,9-12H2,2-3H3. The molecule has 0 saturated carbocycles. The molecule has 1 aromatic carbocycles. The highest BCUT2D eigenvalue weighted by Crippen LogP contribution is 2.46. The molecule has 2 unspecified atom stereocenters. The van der Waals surface area contributed by atoms with Crippen molar-refractivity contribution < 1.29 is 4.79 Å². The Morgan fingerprint density at radius 3 is 2.70 bits per heavy atom. The number of benzene rings is 1. The van der Waals surface area contributed by atoms with Crippen molar-refractivity contribution in [3.05, 3.63) is 48.0 Å². The summed E-state index contributed by atoms with van der Waals surface area (Å²) < 4.78 is 0. The van der Waals surface area contributed by atoms with Gasteiger partial charge in [0, 0.05) is 18.2 Å². The summed E-state index contributed by atoms with van der Waals surface area (Å²) >= 11 is 0. The molecular formula is C18H23NO. The summed E-state index contributed by atoms with van der Waals surface area (Å²) in [5, 5.41) is 0. The van der Waals surface area contributed by atoms with Gasteiger partial charge in [0.1, 0.15) is 0 Å². The molecule has 0 radical (unpaired) electrons. The van der Waals surface area contributed by atoms with E-state index in [2.05, 4.69) is 55.7 Å². The Hall–Kier alpha value is -1.57. The van der Waals surface area contributed by atoms with Crippen LogP contribution in [-0.2, 0) is 11.2 Å². The molecule has 2 aliphatic rings. The van der Waals surface area contributed by atoms with Crippen molar-refractivity contribution in [1.82, 2.24) is 4.90 Å². The number of carbonyl (C=O) groups is 1. The number of nitrogens with zero attached hydrogens (tertiary/aromatic N) is 1. The van der Waals surface area contributed by atoms with Crippen LogP contribution in [0.5, 0.6) is 0 Å². The van der Waals surface area contributed by atoms with Crippen LogP contribution in [0.1, 0.15) is 32.3 Å². The fourth-order valence-corrected chi connectivity index (χ4v) is 4.21. The molecule has 2 aliphatic heterocycles. The Balaban J connectivity index is 1.85. The minimum Gasteiger partial charge on any atom is -0.335 e. The topological polar surface area (TPSA) is 20.3 Å². The lowest BCUT2D eigenvalue weighted by atomic mass is 9.70. The monoisotopic (exact) mass is 269 g/mol. The van der Waals surface area contributed by atoms with Gasteiger partial charge in [0.25, 0.3) is 0 Å². The van der Waals surface area contributed by atoms with E-state index in [4.69, 9.17) is 0 Å². The van der Waals surface area contributed by atoms with Gasteiger partial charge in [-0.15, -0.1) is 0 Å². The summed E-state index contributed by atoms with van der Waals surface area (Å²) in [6.45, 7) is 9.43. The SMILES string of the molecule is C=C1CC(C)(C)C2C(Cc3ccccc3)CCN2C1=O. The summed E-state index contributed by atoms with van der Waals surface area (Å²) in [6, 6.07) is 11.0. The Morgan fingerprint density at radius 2 is 2.00 bits per heavy atom. The Bertz CT molecular complexity index is 532. The van der Waals surface area contributed by atoms with Gasteiger partial charge in [0.15, 0.2) is 0 Å². The van der Waals surface area contributed by atoms with Gasteiger partial charge in [-0.1, -0.05) is 50.8 Å². The van der Waals surface area contributed by atoms with Crippen molar-refractivity contribution in [2.24, 2.45) is 11.3 Å². The Labute approximate surface area is 121 Å². The molecule has 0 aromatic heterocycles. The fraction of sp³-hybridized carbons (Fsp3) is 0.500. The molecule has 106 valence electrons. The first-order chi connectivity index (χ1) is 9.49. The second-order valence-electron chi connectivity index (χ2n) is 6.95. The van der Waals surface area contributed by atoms with E-state index in [9.17, 15) is 4.79 Å². The van der Waals surface area contributed by atoms with Gasteiger partial charge in [-0.05, 0) is 36.2 Å². The molecule has 0 aliphatic carbocycles. The molecule has 1 amide bonds. The van der Waals surface area contributed by atoms with Crippen LogP contribution in [0.2, 0.25) is 0 Å². The molecular weight excluding hydrogens is 246 g/mol. The van der Waals surface area contributed by atoms with Crippen molar-refractivity contribution in [2.75, 3.05) is 6.54 Å². The number of amides is 1. The lowest BCUT2D eigenvalue weighted by Crippen LogP contribution is -2.52. The first-order valence-corrected chi connectivity index (χ1v) is 7.52. The van der Waals surface area contributed by atoms with E-state index in [0.29, 0.717) is 12.0 Å². The third kappa shape index (κ3) is 2.17. The van der Waals surface area contributed by atoms with Crippen LogP contribution in [0.3, 0.4) is 0 Å². The summed E-state index contributed by atoms with van der Waals surface area (Å²) in [5.74, 6) is 0.759. The maximum Gasteiger partial charge on any atom is 0.249 e. The zero-order chi connectivity index (χ0) is 14.3. The highest BCUT2D eigenvalue weighted by molar-refractivity contribution is 5.94. The molecule has 2 atom stereocenters. The third-order valence-corrected chi connectivity index (χ3v) is 4.90. The second-order valence-corrected chi connectivity index (χ2v) is 6.95. The average Bonchev–Trinajstić information content (AvgIpc) is 2.82. The third-order valence-electron chi connectivity index (χ3n) is 4.90. The minimum absolute atomic E-state index is 0.140. The van der Waals surface area contributed by atoms with Gasteiger partial charge in [0.05, 0.1) is 0 Å². The van der Waals surface area contributed by atoms with E-state index in [1.165, 1.54) is 5.56 Å². The molecule has 2 heterocycles. The van der Waals surface area contributed by atoms with Crippen LogP contribution < -0.4 is 0 Å². The van der Waals surface area contributed by atoms with Gasteiger partial charge in [-0.3, -0.25) is 4.79 Å². The van der Waals surface area contributed by atoms with Crippen LogP contribution in [0, 0.1) is 11.3 Å². The number of fused-ring (bicyclic) bond motifs is 1. The van der Waals surface area contributed by atoms with Crippen LogP contribution in [0.25, 0.3) is 0 Å². The number of rotatable bonds is 2. The summed E-state index contributed by atoms with van der Waals surface area (Å²) in [4.78, 5) is 14.4. The van der Waals surface area contributed by atoms with Crippen molar-refractivity contribution in [1.29, 1.82) is 0 Å². The van der Waals surface area contributed by atoms with Gasteiger partial charge in [-0.2, -0.15) is 0 Å². The van der Waals surface area contributed by atoms with E-state index < -0.39 is 0 Å². The predicted octanol–water partition coefficient (Wildman–Crippen LogP) is 3.43. The molecule has 2 fully saturated rings. The van der Waals surface area contributed by atoms with Crippen molar-refractivity contribution >= 4 is 5.91 Å². The molecule has 20 heavy (non-hydrogen) atoms. The first-order valence-electron chi connectivity index (χ1n) is 7.52. The van der Waals surface area contributed by atoms with E-state index in [0.717, 1.165) is 31.4 Å². The normalized spacial score (nSPS) is 28.6. The first kappa shape index (κ1) is 13.4. The zero-order valence-corrected chi connectivity index (χ0v) is 12.4. The highest BCUT2D eigenvalue weighted by Gasteiger charge is 2.49. The highest BCUT2D eigenvalue weighted by atomic mass is 16.2. The van der Waals surface area contributed by atoms with Crippen LogP contribution in [0.4, 0.5) is 0 Å². The van der Waals surface area contributed by atoms with E-state index >= 15 is 0 Å². The van der Waals surface area contributed by atoms with Gasteiger partial charge in [-0.25, -0.2) is 0 Å². The molecule has 2 heteroatoms. The van der Waals surface area contributed by atoms with E-state index in [-0.39, 0.29) is 11.3 Å². The van der Waals surface area contributed by atoms with Gasteiger partial charge in [0.2, 0.25) is 5.91 Å². The van der Waals surface area contributed by atoms with Crippen molar-refractivity contribution in [3.8, 4) is 0 Å². The summed E-state index contributed by atoms with van der Waals surface area (Å²) in [6.07, 6.45) is 3.02. The molecule has 2 saturated heterocycles. The summed E-state index contributed by atoms with van der Waals surface area (Å²) in [5.41, 5.74) is 2.31. The molecule has 0 N–H and O–H groups in total. The zero-order valence-electron chi connectivity index (χ0n) is 12.4. The Morgan fingerprint density at radius 1 is 1.30 bits per heavy atom. The average molecular weight is 269 g/mol. The molecule has 3 rings (SSSR count). The maximum atomic E-state index is 12.3. The van der Waals surface area contributed by atoms with Gasteiger partial charge < -0.3 is 4.90 Å². The van der Waals surface area contributed by atoms with Crippen molar-refractivity contribution in [2.45, 2.75) is 39.2 Å². The largest absolute Gasteiger partial charge is 0.335 e. The van der Waals surface area contributed by atoms with Gasteiger partial charge >= 0.3 is 0 Å². The molecule has 2 nitrogen and oxygen atoms in total. The van der Waals surface area contributed by atoms with Crippen LogP contribution in [0.15, 0.2) is 42.5 Å². The van der Waals surface area contributed by atoms with E-state index in [1.54, 1.807) is 0 Å². The maximum absolute atomic E-state index is 12.3. The molecule has 0 bridgehead atoms. The molecule has 0 spiro atoms. The number of hydrogen-bond acceptors (Lipinski definition) is 1.